The van der Waals surface area contributed by atoms with Gasteiger partial charge in [0.25, 0.3) is 0 Å². The lowest BCUT2D eigenvalue weighted by Gasteiger charge is -2.12. The molecular formula is C22H21F3N2O2. The maximum Gasteiger partial charge on any atom is 0.416 e. The first-order valence-electron chi connectivity index (χ1n) is 9.22. The molecule has 0 amide bonds. The summed E-state index contributed by atoms with van der Waals surface area (Å²) in [5, 5.41) is 4.28. The molecule has 0 spiro atoms. The zero-order valence-electron chi connectivity index (χ0n) is 16.2. The molecule has 0 radical (unpaired) electrons. The van der Waals surface area contributed by atoms with Gasteiger partial charge in [0.15, 0.2) is 0 Å². The number of carbonyl (C=O) groups excluding carboxylic acids is 1. The van der Waals surface area contributed by atoms with Gasteiger partial charge in [-0.3, -0.25) is 9.48 Å². The highest BCUT2D eigenvalue weighted by atomic mass is 19.4. The van der Waals surface area contributed by atoms with Gasteiger partial charge in [0, 0.05) is 11.3 Å². The second kappa shape index (κ2) is 8.51. The predicted octanol–water partition coefficient (Wildman–Crippen LogP) is 5.03. The standard InChI is InChI=1S/C22H21F3N2O2/c1-3-29-21(28)14-27-15(2)20(13-26-27)19-10-5-4-8-17(19)11-16-7-6-9-18(12-16)22(23,24)25/h4-10,12-13H,3,11,14H2,1-2H3. The van der Waals surface area contributed by atoms with Gasteiger partial charge in [-0.05, 0) is 43.0 Å². The molecule has 0 aliphatic carbocycles. The van der Waals surface area contributed by atoms with Gasteiger partial charge < -0.3 is 4.74 Å². The van der Waals surface area contributed by atoms with Crippen LogP contribution in [0.15, 0.2) is 54.7 Å². The molecule has 0 unspecified atom stereocenters. The largest absolute Gasteiger partial charge is 0.465 e. The number of nitrogens with zero attached hydrogens (tertiary/aromatic N) is 2. The van der Waals surface area contributed by atoms with E-state index in [1.807, 2.05) is 31.2 Å². The van der Waals surface area contributed by atoms with Crippen LogP contribution in [0.1, 0.15) is 29.3 Å². The second-order valence-electron chi connectivity index (χ2n) is 6.64. The van der Waals surface area contributed by atoms with Gasteiger partial charge >= 0.3 is 12.1 Å². The Morgan fingerprint density at radius 3 is 2.59 bits per heavy atom. The summed E-state index contributed by atoms with van der Waals surface area (Å²) in [5.74, 6) is -0.373. The van der Waals surface area contributed by atoms with Crippen molar-refractivity contribution < 1.29 is 22.7 Å². The molecule has 4 nitrogen and oxygen atoms in total. The topological polar surface area (TPSA) is 44.1 Å². The normalized spacial score (nSPS) is 11.5. The monoisotopic (exact) mass is 402 g/mol. The summed E-state index contributed by atoms with van der Waals surface area (Å²) < 4.78 is 45.6. The number of benzene rings is 2. The molecule has 0 saturated heterocycles. The summed E-state index contributed by atoms with van der Waals surface area (Å²) in [6, 6.07) is 12.9. The van der Waals surface area contributed by atoms with Crippen molar-refractivity contribution in [3.8, 4) is 11.1 Å². The van der Waals surface area contributed by atoms with E-state index in [9.17, 15) is 18.0 Å². The summed E-state index contributed by atoms with van der Waals surface area (Å²) in [6.45, 7) is 3.90. The smallest absolute Gasteiger partial charge is 0.416 e. The van der Waals surface area contributed by atoms with Crippen molar-refractivity contribution >= 4 is 5.97 Å². The van der Waals surface area contributed by atoms with E-state index < -0.39 is 11.7 Å². The molecule has 3 rings (SSSR count). The average molecular weight is 402 g/mol. The molecule has 2 aromatic carbocycles. The lowest BCUT2D eigenvalue weighted by Crippen LogP contribution is -2.15. The fourth-order valence-corrected chi connectivity index (χ4v) is 3.21. The molecule has 152 valence electrons. The molecule has 1 heterocycles. The molecule has 0 bridgehead atoms. The van der Waals surface area contributed by atoms with Crippen LogP contribution >= 0.6 is 0 Å². The van der Waals surface area contributed by atoms with Crippen LogP contribution in [-0.2, 0) is 28.7 Å². The Morgan fingerprint density at radius 1 is 1.10 bits per heavy atom. The molecule has 29 heavy (non-hydrogen) atoms. The fourth-order valence-electron chi connectivity index (χ4n) is 3.21. The minimum absolute atomic E-state index is 0.00939. The van der Waals surface area contributed by atoms with Gasteiger partial charge in [-0.25, -0.2) is 0 Å². The van der Waals surface area contributed by atoms with Crippen LogP contribution in [0.3, 0.4) is 0 Å². The minimum Gasteiger partial charge on any atom is -0.465 e. The number of esters is 1. The van der Waals surface area contributed by atoms with E-state index in [0.717, 1.165) is 28.5 Å². The molecule has 0 N–H and O–H groups in total. The summed E-state index contributed by atoms with van der Waals surface area (Å²) in [7, 11) is 0. The van der Waals surface area contributed by atoms with Crippen molar-refractivity contribution in [3.05, 3.63) is 77.1 Å². The van der Waals surface area contributed by atoms with Crippen LogP contribution in [0.4, 0.5) is 13.2 Å². The van der Waals surface area contributed by atoms with Gasteiger partial charge in [0.05, 0.1) is 18.4 Å². The van der Waals surface area contributed by atoms with Crippen LogP contribution < -0.4 is 0 Å². The molecule has 1 aromatic heterocycles. The molecule has 0 atom stereocenters. The van der Waals surface area contributed by atoms with Crippen LogP contribution in [0, 0.1) is 6.92 Å². The van der Waals surface area contributed by atoms with E-state index in [1.165, 1.54) is 12.1 Å². The van der Waals surface area contributed by atoms with Crippen LogP contribution in [0.5, 0.6) is 0 Å². The van der Waals surface area contributed by atoms with E-state index in [2.05, 4.69) is 5.10 Å². The number of ether oxygens (including phenoxy) is 1. The SMILES string of the molecule is CCOC(=O)Cn1ncc(-c2ccccc2Cc2cccc(C(F)(F)F)c2)c1C. The zero-order valence-corrected chi connectivity index (χ0v) is 16.2. The third-order valence-corrected chi connectivity index (χ3v) is 4.64. The molecule has 0 fully saturated rings. The number of aromatic nitrogens is 2. The van der Waals surface area contributed by atoms with Gasteiger partial charge in [0.2, 0.25) is 0 Å². The molecule has 3 aromatic rings. The van der Waals surface area contributed by atoms with E-state index in [0.29, 0.717) is 18.6 Å². The predicted molar refractivity (Wildman–Crippen MR) is 103 cm³/mol. The highest BCUT2D eigenvalue weighted by molar-refractivity contribution is 5.72. The van der Waals surface area contributed by atoms with Crippen molar-refractivity contribution in [2.24, 2.45) is 0 Å². The highest BCUT2D eigenvalue weighted by Crippen LogP contribution is 2.32. The zero-order chi connectivity index (χ0) is 21.0. The molecule has 0 aliphatic heterocycles. The minimum atomic E-state index is -4.37. The van der Waals surface area contributed by atoms with Gasteiger partial charge in [-0.15, -0.1) is 0 Å². The van der Waals surface area contributed by atoms with Crippen molar-refractivity contribution in [1.29, 1.82) is 0 Å². The van der Waals surface area contributed by atoms with Crippen LogP contribution in [-0.4, -0.2) is 22.4 Å². The van der Waals surface area contributed by atoms with Gasteiger partial charge in [-0.1, -0.05) is 42.5 Å². The Morgan fingerprint density at radius 2 is 1.86 bits per heavy atom. The first-order chi connectivity index (χ1) is 13.8. The summed E-state index contributed by atoms with van der Waals surface area (Å²) in [5.41, 5.74) is 3.28. The average Bonchev–Trinajstić information content (AvgIpc) is 3.02. The molecule has 0 saturated carbocycles. The summed E-state index contributed by atoms with van der Waals surface area (Å²) >= 11 is 0. The molecular weight excluding hydrogens is 381 g/mol. The second-order valence-corrected chi connectivity index (χ2v) is 6.64. The van der Waals surface area contributed by atoms with E-state index >= 15 is 0 Å². The highest BCUT2D eigenvalue weighted by Gasteiger charge is 2.30. The number of hydrogen-bond donors (Lipinski definition) is 0. The maximum absolute atomic E-state index is 13.0. The number of carbonyl (C=O) groups is 1. The van der Waals surface area contributed by atoms with E-state index in [1.54, 1.807) is 23.9 Å². The molecule has 7 heteroatoms. The number of rotatable bonds is 6. The number of hydrogen-bond acceptors (Lipinski definition) is 3. The van der Waals surface area contributed by atoms with Crippen molar-refractivity contribution in [2.75, 3.05) is 6.61 Å². The Bertz CT molecular complexity index is 1010. The van der Waals surface area contributed by atoms with Crippen molar-refractivity contribution in [1.82, 2.24) is 9.78 Å². The van der Waals surface area contributed by atoms with Crippen molar-refractivity contribution in [3.63, 3.8) is 0 Å². The number of alkyl halides is 3. The number of halogens is 3. The van der Waals surface area contributed by atoms with Crippen LogP contribution in [0.25, 0.3) is 11.1 Å². The Labute approximate surface area is 166 Å². The van der Waals surface area contributed by atoms with Crippen molar-refractivity contribution in [2.45, 2.75) is 33.0 Å². The first-order valence-corrected chi connectivity index (χ1v) is 9.22. The fraction of sp³-hybridized carbons (Fsp3) is 0.273. The first kappa shape index (κ1) is 20.6. The lowest BCUT2D eigenvalue weighted by molar-refractivity contribution is -0.144. The maximum atomic E-state index is 13.0. The third-order valence-electron chi connectivity index (χ3n) is 4.64. The quantitative estimate of drug-likeness (QED) is 0.543. The van der Waals surface area contributed by atoms with Gasteiger partial charge in [-0.2, -0.15) is 18.3 Å². The van der Waals surface area contributed by atoms with E-state index in [4.69, 9.17) is 4.74 Å². The van der Waals surface area contributed by atoms with Crippen LogP contribution in [0.2, 0.25) is 0 Å². The lowest BCUT2D eigenvalue weighted by atomic mass is 9.94. The Kier molecular flexibility index (Phi) is 6.06. The summed E-state index contributed by atoms with van der Waals surface area (Å²) in [6.07, 6.45) is -2.36. The Hall–Kier alpha value is -3.09. The third kappa shape index (κ3) is 4.85. The Balaban J connectivity index is 1.91. The van der Waals surface area contributed by atoms with Gasteiger partial charge in [0.1, 0.15) is 6.54 Å². The summed E-state index contributed by atoms with van der Waals surface area (Å²) in [4.78, 5) is 11.8. The van der Waals surface area contributed by atoms with E-state index in [-0.39, 0.29) is 12.5 Å². The molecule has 0 aliphatic rings.